The highest BCUT2D eigenvalue weighted by Crippen LogP contribution is 2.23. The van der Waals surface area contributed by atoms with Crippen molar-refractivity contribution in [3.8, 4) is 0 Å². The minimum atomic E-state index is 0.446. The van der Waals surface area contributed by atoms with E-state index in [0.717, 1.165) is 36.0 Å². The van der Waals surface area contributed by atoms with Crippen LogP contribution in [0.4, 0.5) is 17.5 Å². The summed E-state index contributed by atoms with van der Waals surface area (Å²) in [6.07, 6.45) is 5.45. The van der Waals surface area contributed by atoms with Crippen LogP contribution < -0.4 is 10.6 Å². The lowest BCUT2D eigenvalue weighted by molar-refractivity contribution is 0.853. The van der Waals surface area contributed by atoms with Gasteiger partial charge in [-0.25, -0.2) is 0 Å². The molecular weight excluding hydrogens is 336 g/mol. The van der Waals surface area contributed by atoms with Crippen molar-refractivity contribution in [2.75, 3.05) is 17.2 Å². The fourth-order valence-electron chi connectivity index (χ4n) is 2.92. The molecule has 4 aromatic rings. The molecule has 6 nitrogen and oxygen atoms in total. The standard InChI is InChI=1S/C21H20N6/c1-2-7-16(8-3-1)9-5-13-22-19-15-24-27-21(26-19)25-18-12-4-10-17-11-6-14-23-20(17)18/h1-4,6-8,10-12,14-15H,5,9,13H2,(H2,22,25,26,27). The van der Waals surface area contributed by atoms with Crippen LogP contribution in [0, 0.1) is 0 Å². The van der Waals surface area contributed by atoms with E-state index in [1.165, 1.54) is 5.56 Å². The SMILES string of the molecule is c1ccc(CCCNc2cnnc(Nc3cccc4cccnc34)n2)cc1. The first-order valence-electron chi connectivity index (χ1n) is 8.97. The molecule has 0 aliphatic heterocycles. The molecule has 2 N–H and O–H groups in total. The van der Waals surface area contributed by atoms with Crippen molar-refractivity contribution < 1.29 is 0 Å². The Labute approximate surface area is 157 Å². The van der Waals surface area contributed by atoms with Crippen molar-refractivity contribution >= 4 is 28.4 Å². The highest BCUT2D eigenvalue weighted by Gasteiger charge is 2.05. The van der Waals surface area contributed by atoms with Gasteiger partial charge in [0, 0.05) is 18.1 Å². The first-order chi connectivity index (χ1) is 13.4. The largest absolute Gasteiger partial charge is 0.369 e. The molecule has 0 spiro atoms. The molecule has 0 atom stereocenters. The molecule has 0 unspecified atom stereocenters. The van der Waals surface area contributed by atoms with Crippen molar-refractivity contribution in [1.29, 1.82) is 0 Å². The summed E-state index contributed by atoms with van der Waals surface area (Å²) in [5.74, 6) is 1.15. The number of hydrogen-bond donors (Lipinski definition) is 2. The third-order valence-corrected chi connectivity index (χ3v) is 4.23. The van der Waals surface area contributed by atoms with E-state index in [4.69, 9.17) is 0 Å². The van der Waals surface area contributed by atoms with Gasteiger partial charge in [0.1, 0.15) is 0 Å². The molecule has 0 saturated heterocycles. The van der Waals surface area contributed by atoms with Gasteiger partial charge in [0.15, 0.2) is 5.82 Å². The zero-order valence-electron chi connectivity index (χ0n) is 14.8. The number of hydrogen-bond acceptors (Lipinski definition) is 6. The minimum absolute atomic E-state index is 0.446. The molecule has 134 valence electrons. The molecule has 4 rings (SSSR count). The quantitative estimate of drug-likeness (QED) is 0.483. The lowest BCUT2D eigenvalue weighted by atomic mass is 10.1. The first kappa shape index (κ1) is 16.9. The molecule has 2 aromatic heterocycles. The van der Waals surface area contributed by atoms with Crippen LogP contribution in [-0.4, -0.2) is 26.7 Å². The molecular formula is C21H20N6. The maximum atomic E-state index is 4.50. The Morgan fingerprint density at radius 2 is 1.78 bits per heavy atom. The lowest BCUT2D eigenvalue weighted by Crippen LogP contribution is -2.07. The van der Waals surface area contributed by atoms with Crippen LogP contribution in [0.1, 0.15) is 12.0 Å². The van der Waals surface area contributed by atoms with Crippen molar-refractivity contribution in [3.05, 3.63) is 78.6 Å². The second kappa shape index (κ2) is 8.23. The molecule has 27 heavy (non-hydrogen) atoms. The van der Waals surface area contributed by atoms with E-state index < -0.39 is 0 Å². The summed E-state index contributed by atoms with van der Waals surface area (Å²) in [6.45, 7) is 0.822. The number of nitrogens with one attached hydrogen (secondary N) is 2. The molecule has 0 aliphatic rings. The number of aromatic nitrogens is 4. The van der Waals surface area contributed by atoms with Crippen LogP contribution >= 0.6 is 0 Å². The predicted molar refractivity (Wildman–Crippen MR) is 108 cm³/mol. The van der Waals surface area contributed by atoms with Gasteiger partial charge in [-0.05, 0) is 30.5 Å². The smallest absolute Gasteiger partial charge is 0.249 e. The zero-order chi connectivity index (χ0) is 18.3. The van der Waals surface area contributed by atoms with Gasteiger partial charge < -0.3 is 10.6 Å². The monoisotopic (exact) mass is 356 g/mol. The predicted octanol–water partition coefficient (Wildman–Crippen LogP) is 4.21. The van der Waals surface area contributed by atoms with Crippen molar-refractivity contribution in [1.82, 2.24) is 20.2 Å². The van der Waals surface area contributed by atoms with Crippen molar-refractivity contribution in [2.24, 2.45) is 0 Å². The van der Waals surface area contributed by atoms with E-state index in [1.54, 1.807) is 12.4 Å². The van der Waals surface area contributed by atoms with Crippen LogP contribution in [0.25, 0.3) is 10.9 Å². The average Bonchev–Trinajstić information content (AvgIpc) is 2.73. The van der Waals surface area contributed by atoms with E-state index in [2.05, 4.69) is 55.1 Å². The van der Waals surface area contributed by atoms with E-state index in [1.807, 2.05) is 36.4 Å². The second-order valence-electron chi connectivity index (χ2n) is 6.19. The van der Waals surface area contributed by atoms with Gasteiger partial charge in [-0.15, -0.1) is 5.10 Å². The summed E-state index contributed by atoms with van der Waals surface area (Å²) in [4.78, 5) is 8.93. The van der Waals surface area contributed by atoms with Crippen LogP contribution in [0.2, 0.25) is 0 Å². The van der Waals surface area contributed by atoms with Gasteiger partial charge in [-0.1, -0.05) is 48.5 Å². The summed E-state index contributed by atoms with van der Waals surface area (Å²) in [6, 6.07) is 20.4. The number of anilines is 3. The number of fused-ring (bicyclic) bond motifs is 1. The van der Waals surface area contributed by atoms with Gasteiger partial charge >= 0.3 is 0 Å². The fourth-order valence-corrected chi connectivity index (χ4v) is 2.92. The van der Waals surface area contributed by atoms with Gasteiger partial charge in [0.2, 0.25) is 5.95 Å². The van der Waals surface area contributed by atoms with Crippen LogP contribution in [0.3, 0.4) is 0 Å². The lowest BCUT2D eigenvalue weighted by Gasteiger charge is -2.09. The molecule has 0 fully saturated rings. The van der Waals surface area contributed by atoms with Gasteiger partial charge in [0.05, 0.1) is 17.4 Å². The van der Waals surface area contributed by atoms with Gasteiger partial charge in [-0.2, -0.15) is 10.1 Å². The van der Waals surface area contributed by atoms with E-state index in [0.29, 0.717) is 11.8 Å². The molecule has 0 radical (unpaired) electrons. The fraction of sp³-hybridized carbons (Fsp3) is 0.143. The van der Waals surface area contributed by atoms with Crippen molar-refractivity contribution in [3.63, 3.8) is 0 Å². The Morgan fingerprint density at radius 1 is 0.889 bits per heavy atom. The first-order valence-corrected chi connectivity index (χ1v) is 8.97. The number of rotatable bonds is 7. The number of pyridine rings is 1. The summed E-state index contributed by atoms with van der Waals surface area (Å²) >= 11 is 0. The minimum Gasteiger partial charge on any atom is -0.369 e. The van der Waals surface area contributed by atoms with E-state index in [-0.39, 0.29) is 0 Å². The summed E-state index contributed by atoms with van der Waals surface area (Å²) in [5.41, 5.74) is 3.08. The topological polar surface area (TPSA) is 75.6 Å². The molecule has 0 bridgehead atoms. The maximum Gasteiger partial charge on any atom is 0.249 e. The number of para-hydroxylation sites is 1. The van der Waals surface area contributed by atoms with E-state index in [9.17, 15) is 0 Å². The average molecular weight is 356 g/mol. The maximum absolute atomic E-state index is 4.50. The highest BCUT2D eigenvalue weighted by atomic mass is 15.3. The molecule has 2 heterocycles. The zero-order valence-corrected chi connectivity index (χ0v) is 14.8. The van der Waals surface area contributed by atoms with E-state index >= 15 is 0 Å². The molecule has 6 heteroatoms. The number of aryl methyl sites for hydroxylation is 1. The molecule has 0 aliphatic carbocycles. The molecule has 2 aromatic carbocycles. The Balaban J connectivity index is 1.39. The third-order valence-electron chi connectivity index (χ3n) is 4.23. The number of nitrogens with zero attached hydrogens (tertiary/aromatic N) is 4. The van der Waals surface area contributed by atoms with Crippen molar-refractivity contribution in [2.45, 2.75) is 12.8 Å². The van der Waals surface area contributed by atoms with Crippen LogP contribution in [-0.2, 0) is 6.42 Å². The molecule has 0 amide bonds. The summed E-state index contributed by atoms with van der Waals surface area (Å²) < 4.78 is 0. The van der Waals surface area contributed by atoms with Crippen LogP contribution in [0.5, 0.6) is 0 Å². The van der Waals surface area contributed by atoms with Gasteiger partial charge in [-0.3, -0.25) is 4.98 Å². The second-order valence-corrected chi connectivity index (χ2v) is 6.19. The van der Waals surface area contributed by atoms with Crippen LogP contribution in [0.15, 0.2) is 73.1 Å². The Morgan fingerprint density at radius 3 is 2.70 bits per heavy atom. The third kappa shape index (κ3) is 4.36. The summed E-state index contributed by atoms with van der Waals surface area (Å²) in [5, 5.41) is 15.7. The number of benzene rings is 2. The van der Waals surface area contributed by atoms with Gasteiger partial charge in [0.25, 0.3) is 0 Å². The summed E-state index contributed by atoms with van der Waals surface area (Å²) in [7, 11) is 0. The molecule has 0 saturated carbocycles. The Bertz CT molecular complexity index is 1010. The highest BCUT2D eigenvalue weighted by molar-refractivity contribution is 5.91. The Hall–Kier alpha value is -3.54. The normalized spacial score (nSPS) is 10.7. The Kier molecular flexibility index (Phi) is 5.15.